The van der Waals surface area contributed by atoms with Gasteiger partial charge >= 0.3 is 0 Å². The summed E-state index contributed by atoms with van der Waals surface area (Å²) in [5.74, 6) is 0.380. The Morgan fingerprint density at radius 1 is 1.12 bits per heavy atom. The molecule has 2 aromatic rings. The highest BCUT2D eigenvalue weighted by atomic mass is 16.5. The molecule has 0 saturated carbocycles. The number of nitrogens with zero attached hydrogens (tertiary/aromatic N) is 1. The maximum Gasteiger partial charge on any atom is 0.256 e. The van der Waals surface area contributed by atoms with Gasteiger partial charge in [0.15, 0.2) is 0 Å². The Morgan fingerprint density at radius 2 is 1.84 bits per heavy atom. The van der Waals surface area contributed by atoms with Crippen molar-refractivity contribution in [3.05, 3.63) is 53.6 Å². The predicted octanol–water partition coefficient (Wildman–Crippen LogP) is 3.45. The lowest BCUT2D eigenvalue weighted by molar-refractivity contribution is -0.121. The fourth-order valence-corrected chi connectivity index (χ4v) is 3.07. The van der Waals surface area contributed by atoms with Crippen LogP contribution >= 0.6 is 0 Å². The summed E-state index contributed by atoms with van der Waals surface area (Å²) in [7, 11) is 0. The van der Waals surface area contributed by atoms with Gasteiger partial charge in [-0.25, -0.2) is 4.90 Å². The Labute approximate surface area is 147 Å². The van der Waals surface area contributed by atoms with Gasteiger partial charge in [0.05, 0.1) is 18.7 Å². The second kappa shape index (κ2) is 6.97. The van der Waals surface area contributed by atoms with Gasteiger partial charge in [-0.1, -0.05) is 17.7 Å². The van der Waals surface area contributed by atoms with Crippen molar-refractivity contribution in [1.82, 2.24) is 0 Å². The zero-order valence-electron chi connectivity index (χ0n) is 14.7. The van der Waals surface area contributed by atoms with Crippen LogP contribution in [0.15, 0.2) is 42.5 Å². The smallest absolute Gasteiger partial charge is 0.256 e. The van der Waals surface area contributed by atoms with Crippen LogP contribution in [-0.4, -0.2) is 24.5 Å². The van der Waals surface area contributed by atoms with E-state index in [0.717, 1.165) is 22.6 Å². The number of carbonyl (C=O) groups is 2. The minimum Gasteiger partial charge on any atom is -0.494 e. The molecule has 25 heavy (non-hydrogen) atoms. The third kappa shape index (κ3) is 3.50. The number of rotatable bonds is 5. The lowest BCUT2D eigenvalue weighted by atomic mass is 10.1. The summed E-state index contributed by atoms with van der Waals surface area (Å²) in [5, 5.41) is 3.15. The molecule has 0 unspecified atom stereocenters. The third-order valence-corrected chi connectivity index (χ3v) is 4.25. The van der Waals surface area contributed by atoms with E-state index in [1.54, 1.807) is 0 Å². The van der Waals surface area contributed by atoms with E-state index < -0.39 is 6.04 Å². The first-order valence-corrected chi connectivity index (χ1v) is 8.43. The molecule has 130 valence electrons. The molecule has 5 nitrogen and oxygen atoms in total. The summed E-state index contributed by atoms with van der Waals surface area (Å²) in [5.41, 5.74) is 3.47. The number of benzene rings is 2. The van der Waals surface area contributed by atoms with Crippen LogP contribution in [0.1, 0.15) is 24.5 Å². The number of nitrogens with one attached hydrogen (secondary N) is 1. The van der Waals surface area contributed by atoms with Gasteiger partial charge in [0, 0.05) is 5.69 Å². The van der Waals surface area contributed by atoms with Crippen molar-refractivity contribution >= 4 is 23.2 Å². The van der Waals surface area contributed by atoms with Gasteiger partial charge in [-0.15, -0.1) is 0 Å². The predicted molar refractivity (Wildman–Crippen MR) is 98.0 cm³/mol. The van der Waals surface area contributed by atoms with Crippen molar-refractivity contribution < 1.29 is 14.3 Å². The molecule has 3 rings (SSSR count). The quantitative estimate of drug-likeness (QED) is 0.849. The van der Waals surface area contributed by atoms with Gasteiger partial charge in [0.1, 0.15) is 11.8 Å². The van der Waals surface area contributed by atoms with E-state index in [1.165, 1.54) is 4.90 Å². The van der Waals surface area contributed by atoms with Crippen LogP contribution in [0.2, 0.25) is 0 Å². The summed E-state index contributed by atoms with van der Waals surface area (Å²) in [4.78, 5) is 26.4. The van der Waals surface area contributed by atoms with Gasteiger partial charge in [0.2, 0.25) is 5.91 Å². The molecule has 1 saturated heterocycles. The van der Waals surface area contributed by atoms with Crippen LogP contribution in [-0.2, 0) is 9.59 Å². The van der Waals surface area contributed by atoms with Crippen molar-refractivity contribution in [3.63, 3.8) is 0 Å². The van der Waals surface area contributed by atoms with E-state index >= 15 is 0 Å². The van der Waals surface area contributed by atoms with E-state index in [2.05, 4.69) is 5.32 Å². The molecular weight excluding hydrogens is 316 g/mol. The third-order valence-electron chi connectivity index (χ3n) is 4.25. The fraction of sp³-hybridized carbons (Fsp3) is 0.300. The lowest BCUT2D eigenvalue weighted by Crippen LogP contribution is -2.35. The number of carbonyl (C=O) groups excluding carboxylic acids is 2. The Morgan fingerprint density at radius 3 is 2.48 bits per heavy atom. The van der Waals surface area contributed by atoms with Crippen molar-refractivity contribution in [2.75, 3.05) is 16.8 Å². The largest absolute Gasteiger partial charge is 0.494 e. The normalized spacial score (nSPS) is 17.1. The molecule has 1 fully saturated rings. The van der Waals surface area contributed by atoms with E-state index in [1.807, 2.05) is 63.2 Å². The molecule has 1 aliphatic heterocycles. The van der Waals surface area contributed by atoms with Crippen molar-refractivity contribution in [3.8, 4) is 5.75 Å². The highest BCUT2D eigenvalue weighted by Gasteiger charge is 2.40. The number of amides is 2. The van der Waals surface area contributed by atoms with E-state index in [0.29, 0.717) is 12.3 Å². The summed E-state index contributed by atoms with van der Waals surface area (Å²) < 4.78 is 5.41. The van der Waals surface area contributed by atoms with E-state index in [9.17, 15) is 9.59 Å². The zero-order chi connectivity index (χ0) is 18.0. The molecule has 1 atom stereocenters. The Hall–Kier alpha value is -2.82. The molecule has 5 heteroatoms. The second-order valence-corrected chi connectivity index (χ2v) is 6.22. The molecular formula is C20H22N2O3. The first-order chi connectivity index (χ1) is 12.0. The average molecular weight is 338 g/mol. The topological polar surface area (TPSA) is 58.6 Å². The molecule has 1 aliphatic rings. The van der Waals surface area contributed by atoms with E-state index in [-0.39, 0.29) is 18.2 Å². The fourth-order valence-electron chi connectivity index (χ4n) is 3.07. The van der Waals surface area contributed by atoms with Crippen LogP contribution in [0.3, 0.4) is 0 Å². The summed E-state index contributed by atoms with van der Waals surface area (Å²) in [6, 6.07) is 12.6. The van der Waals surface area contributed by atoms with Crippen LogP contribution < -0.4 is 15.0 Å². The van der Waals surface area contributed by atoms with Crippen molar-refractivity contribution in [2.24, 2.45) is 0 Å². The van der Waals surface area contributed by atoms with E-state index in [4.69, 9.17) is 4.74 Å². The summed E-state index contributed by atoms with van der Waals surface area (Å²) >= 11 is 0. The molecule has 2 amide bonds. The molecule has 0 spiro atoms. The van der Waals surface area contributed by atoms with Crippen LogP contribution in [0.25, 0.3) is 0 Å². The minimum atomic E-state index is -0.550. The van der Waals surface area contributed by atoms with Crippen molar-refractivity contribution in [1.29, 1.82) is 0 Å². The zero-order valence-corrected chi connectivity index (χ0v) is 14.7. The number of hydrogen-bond acceptors (Lipinski definition) is 4. The molecule has 0 aromatic heterocycles. The molecule has 1 heterocycles. The standard InChI is InChI=1S/C20H22N2O3/c1-4-25-16-8-6-15(7-9-16)21-17-12-19(23)22(20(17)24)18-10-5-13(2)11-14(18)3/h5-11,17,21H,4,12H2,1-3H3/t17-/m0/s1. The minimum absolute atomic E-state index is 0.152. The van der Waals surface area contributed by atoms with Gasteiger partial charge < -0.3 is 10.1 Å². The maximum atomic E-state index is 12.7. The maximum absolute atomic E-state index is 12.7. The molecule has 0 radical (unpaired) electrons. The molecule has 0 aliphatic carbocycles. The van der Waals surface area contributed by atoms with Crippen molar-refractivity contribution in [2.45, 2.75) is 33.2 Å². The SMILES string of the molecule is CCOc1ccc(N[C@H]2CC(=O)N(c3ccc(C)cc3C)C2=O)cc1. The number of aryl methyl sites for hydroxylation is 2. The van der Waals surface area contributed by atoms with Gasteiger partial charge in [-0.2, -0.15) is 0 Å². The summed E-state index contributed by atoms with van der Waals surface area (Å²) in [6.45, 7) is 6.43. The molecule has 1 N–H and O–H groups in total. The van der Waals surface area contributed by atoms with Crippen LogP contribution in [0, 0.1) is 13.8 Å². The van der Waals surface area contributed by atoms with Gasteiger partial charge in [0.25, 0.3) is 5.91 Å². The summed E-state index contributed by atoms with van der Waals surface area (Å²) in [6.07, 6.45) is 0.152. The first kappa shape index (κ1) is 17.0. The Bertz CT molecular complexity index is 799. The molecule has 0 bridgehead atoms. The highest BCUT2D eigenvalue weighted by Crippen LogP contribution is 2.28. The first-order valence-electron chi connectivity index (χ1n) is 8.43. The number of imide groups is 1. The number of anilines is 2. The highest BCUT2D eigenvalue weighted by molar-refractivity contribution is 6.23. The number of ether oxygens (including phenoxy) is 1. The second-order valence-electron chi connectivity index (χ2n) is 6.22. The lowest BCUT2D eigenvalue weighted by Gasteiger charge is -2.18. The Balaban J connectivity index is 1.76. The van der Waals surface area contributed by atoms with Crippen LogP contribution in [0.4, 0.5) is 11.4 Å². The monoisotopic (exact) mass is 338 g/mol. The molecule has 2 aromatic carbocycles. The number of hydrogen-bond donors (Lipinski definition) is 1. The van der Waals surface area contributed by atoms with Crippen LogP contribution in [0.5, 0.6) is 5.75 Å². The Kier molecular flexibility index (Phi) is 4.74. The van der Waals surface area contributed by atoms with Gasteiger partial charge in [-0.05, 0) is 56.7 Å². The average Bonchev–Trinajstić information content (AvgIpc) is 2.84. The van der Waals surface area contributed by atoms with Gasteiger partial charge in [-0.3, -0.25) is 9.59 Å².